The number of hydrogen-bond acceptors (Lipinski definition) is 4. The number of nitrogens with zero attached hydrogens (tertiary/aromatic N) is 2. The standard InChI is InChI=1S/C17H31F3N4O2/c1-3-21-16(22-10-7-5-4-6-8-15(25)26-2)23-14-9-11-24(12-14)13-17(18,19)20/h14H,3-13H2,1-2H3,(H2,21,22,23). The number of hydrogen-bond donors (Lipinski definition) is 2. The SMILES string of the molecule is CCNC(=NCCCCCCC(=O)OC)NC1CCN(CC(F)(F)F)C1. The molecule has 0 amide bonds. The summed E-state index contributed by atoms with van der Waals surface area (Å²) in [6, 6.07) is -0.0183. The predicted octanol–water partition coefficient (Wildman–Crippen LogP) is 2.30. The first-order chi connectivity index (χ1) is 12.3. The largest absolute Gasteiger partial charge is 0.469 e. The fraction of sp³-hybridized carbons (Fsp3) is 0.882. The zero-order valence-electron chi connectivity index (χ0n) is 15.7. The molecule has 0 aromatic carbocycles. The summed E-state index contributed by atoms with van der Waals surface area (Å²) in [5, 5.41) is 6.36. The second-order valence-corrected chi connectivity index (χ2v) is 6.48. The van der Waals surface area contributed by atoms with E-state index in [0.717, 1.165) is 25.7 Å². The number of unbranched alkanes of at least 4 members (excludes halogenated alkanes) is 3. The third-order valence-corrected chi connectivity index (χ3v) is 4.15. The number of likely N-dealkylation sites (tertiary alicyclic amines) is 1. The smallest absolute Gasteiger partial charge is 0.401 e. The summed E-state index contributed by atoms with van der Waals surface area (Å²) < 4.78 is 41.9. The Hall–Kier alpha value is -1.51. The first-order valence-corrected chi connectivity index (χ1v) is 9.24. The molecule has 26 heavy (non-hydrogen) atoms. The zero-order chi connectivity index (χ0) is 19.4. The molecule has 1 fully saturated rings. The highest BCUT2D eigenvalue weighted by Crippen LogP contribution is 2.19. The van der Waals surface area contributed by atoms with Gasteiger partial charge in [0, 0.05) is 38.6 Å². The van der Waals surface area contributed by atoms with Crippen molar-refractivity contribution in [2.24, 2.45) is 4.99 Å². The summed E-state index contributed by atoms with van der Waals surface area (Å²) in [5.41, 5.74) is 0. The highest BCUT2D eigenvalue weighted by molar-refractivity contribution is 5.80. The minimum atomic E-state index is -4.15. The van der Waals surface area contributed by atoms with Crippen LogP contribution in [0.2, 0.25) is 0 Å². The summed E-state index contributed by atoms with van der Waals surface area (Å²) in [6.07, 6.45) is 0.607. The van der Waals surface area contributed by atoms with Gasteiger partial charge in [0.1, 0.15) is 0 Å². The molecule has 1 unspecified atom stereocenters. The van der Waals surface area contributed by atoms with E-state index in [1.165, 1.54) is 12.0 Å². The summed E-state index contributed by atoms with van der Waals surface area (Å²) in [6.45, 7) is 3.25. The Labute approximate surface area is 153 Å². The van der Waals surface area contributed by atoms with Crippen LogP contribution in [0.15, 0.2) is 4.99 Å². The van der Waals surface area contributed by atoms with Crippen molar-refractivity contribution in [1.29, 1.82) is 0 Å². The molecule has 0 bridgehead atoms. The van der Waals surface area contributed by atoms with Crippen LogP contribution in [0.25, 0.3) is 0 Å². The number of nitrogens with one attached hydrogen (secondary N) is 2. The fourth-order valence-corrected chi connectivity index (χ4v) is 2.89. The zero-order valence-corrected chi connectivity index (χ0v) is 15.7. The fourth-order valence-electron chi connectivity index (χ4n) is 2.89. The molecule has 9 heteroatoms. The normalized spacial score (nSPS) is 18.8. The summed E-state index contributed by atoms with van der Waals surface area (Å²) >= 11 is 0. The van der Waals surface area contributed by atoms with Crippen molar-refractivity contribution in [1.82, 2.24) is 15.5 Å². The molecule has 0 radical (unpaired) electrons. The molecular formula is C17H31F3N4O2. The molecule has 0 aliphatic carbocycles. The molecule has 1 heterocycles. The maximum atomic E-state index is 12.5. The van der Waals surface area contributed by atoms with E-state index >= 15 is 0 Å². The molecule has 1 saturated heterocycles. The molecule has 1 atom stereocenters. The summed E-state index contributed by atoms with van der Waals surface area (Å²) in [4.78, 5) is 16.9. The number of rotatable bonds is 10. The third kappa shape index (κ3) is 10.5. The first kappa shape index (κ1) is 22.5. The average molecular weight is 380 g/mol. The van der Waals surface area contributed by atoms with Gasteiger partial charge in [0.2, 0.25) is 0 Å². The molecule has 0 aromatic rings. The van der Waals surface area contributed by atoms with Gasteiger partial charge in [-0.25, -0.2) is 0 Å². The summed E-state index contributed by atoms with van der Waals surface area (Å²) in [7, 11) is 1.39. The Morgan fingerprint density at radius 2 is 2.00 bits per heavy atom. The van der Waals surface area contributed by atoms with Gasteiger partial charge >= 0.3 is 12.1 Å². The topological polar surface area (TPSA) is 66.0 Å². The molecule has 1 aliphatic rings. The lowest BCUT2D eigenvalue weighted by Crippen LogP contribution is -2.45. The number of esters is 1. The van der Waals surface area contributed by atoms with Gasteiger partial charge < -0.3 is 15.4 Å². The lowest BCUT2D eigenvalue weighted by molar-refractivity contribution is -0.143. The number of aliphatic imine (C=N–C) groups is 1. The van der Waals surface area contributed by atoms with Crippen LogP contribution in [0.3, 0.4) is 0 Å². The average Bonchev–Trinajstić information content (AvgIpc) is 2.98. The Balaban J connectivity index is 2.26. The number of ether oxygens (including phenoxy) is 1. The van der Waals surface area contributed by atoms with Crippen LogP contribution >= 0.6 is 0 Å². The number of carbonyl (C=O) groups excluding carboxylic acids is 1. The van der Waals surface area contributed by atoms with Crippen molar-refractivity contribution < 1.29 is 22.7 Å². The number of guanidine groups is 1. The van der Waals surface area contributed by atoms with E-state index in [2.05, 4.69) is 20.4 Å². The van der Waals surface area contributed by atoms with E-state index in [-0.39, 0.29) is 12.0 Å². The van der Waals surface area contributed by atoms with Crippen molar-refractivity contribution in [2.75, 3.05) is 39.8 Å². The highest BCUT2D eigenvalue weighted by Gasteiger charge is 2.34. The van der Waals surface area contributed by atoms with Gasteiger partial charge in [0.05, 0.1) is 13.7 Å². The van der Waals surface area contributed by atoms with Gasteiger partial charge in [-0.1, -0.05) is 12.8 Å². The minimum absolute atomic E-state index is 0.0183. The lowest BCUT2D eigenvalue weighted by Gasteiger charge is -2.19. The molecule has 0 aromatic heterocycles. The van der Waals surface area contributed by atoms with Crippen molar-refractivity contribution in [2.45, 2.75) is 57.7 Å². The van der Waals surface area contributed by atoms with Crippen LogP contribution in [0.4, 0.5) is 13.2 Å². The molecule has 2 N–H and O–H groups in total. The van der Waals surface area contributed by atoms with E-state index in [4.69, 9.17) is 0 Å². The van der Waals surface area contributed by atoms with Gasteiger partial charge in [-0.3, -0.25) is 14.7 Å². The molecule has 1 aliphatic heterocycles. The van der Waals surface area contributed by atoms with Crippen LogP contribution in [0.5, 0.6) is 0 Å². The van der Waals surface area contributed by atoms with Gasteiger partial charge in [-0.15, -0.1) is 0 Å². The van der Waals surface area contributed by atoms with E-state index in [9.17, 15) is 18.0 Å². The second kappa shape index (κ2) is 12.0. The molecule has 152 valence electrons. The summed E-state index contributed by atoms with van der Waals surface area (Å²) in [5.74, 6) is 0.471. The van der Waals surface area contributed by atoms with Gasteiger partial charge in [-0.2, -0.15) is 13.2 Å². The van der Waals surface area contributed by atoms with E-state index in [1.807, 2.05) is 6.92 Å². The number of methoxy groups -OCH3 is 1. The second-order valence-electron chi connectivity index (χ2n) is 6.48. The number of alkyl halides is 3. The molecular weight excluding hydrogens is 349 g/mol. The van der Waals surface area contributed by atoms with Crippen LogP contribution in [-0.2, 0) is 9.53 Å². The van der Waals surface area contributed by atoms with Gasteiger partial charge in [0.15, 0.2) is 5.96 Å². The van der Waals surface area contributed by atoms with Gasteiger partial charge in [-0.05, 0) is 26.2 Å². The van der Waals surface area contributed by atoms with Gasteiger partial charge in [0.25, 0.3) is 0 Å². The Bertz CT molecular complexity index is 444. The Kier molecular flexibility index (Phi) is 10.4. The molecule has 1 rings (SSSR count). The van der Waals surface area contributed by atoms with Crippen molar-refractivity contribution in [3.8, 4) is 0 Å². The number of halogens is 3. The predicted molar refractivity (Wildman–Crippen MR) is 95.1 cm³/mol. The maximum Gasteiger partial charge on any atom is 0.401 e. The van der Waals surface area contributed by atoms with Crippen LogP contribution in [0.1, 0.15) is 45.4 Å². The number of carbonyl (C=O) groups is 1. The quantitative estimate of drug-likeness (QED) is 0.264. The molecule has 6 nitrogen and oxygen atoms in total. The monoisotopic (exact) mass is 380 g/mol. The van der Waals surface area contributed by atoms with Crippen molar-refractivity contribution >= 4 is 11.9 Å². The van der Waals surface area contributed by atoms with E-state index in [0.29, 0.717) is 45.0 Å². The third-order valence-electron chi connectivity index (χ3n) is 4.15. The Morgan fingerprint density at radius 3 is 2.65 bits per heavy atom. The van der Waals surface area contributed by atoms with Crippen LogP contribution in [-0.4, -0.2) is 68.9 Å². The Morgan fingerprint density at radius 1 is 1.27 bits per heavy atom. The van der Waals surface area contributed by atoms with Crippen molar-refractivity contribution in [3.63, 3.8) is 0 Å². The van der Waals surface area contributed by atoms with Crippen LogP contribution < -0.4 is 10.6 Å². The molecule has 0 saturated carbocycles. The molecule has 0 spiro atoms. The van der Waals surface area contributed by atoms with Crippen molar-refractivity contribution in [3.05, 3.63) is 0 Å². The highest BCUT2D eigenvalue weighted by atomic mass is 19.4. The maximum absolute atomic E-state index is 12.5. The van der Waals surface area contributed by atoms with E-state index < -0.39 is 12.7 Å². The minimum Gasteiger partial charge on any atom is -0.469 e. The van der Waals surface area contributed by atoms with Crippen LogP contribution in [0, 0.1) is 0 Å². The van der Waals surface area contributed by atoms with E-state index in [1.54, 1.807) is 0 Å². The lowest BCUT2D eigenvalue weighted by atomic mass is 10.1. The first-order valence-electron chi connectivity index (χ1n) is 9.24.